The number of pyridine rings is 3. The first-order valence-corrected chi connectivity index (χ1v) is 15.8. The van der Waals surface area contributed by atoms with Gasteiger partial charge in [-0.2, -0.15) is 0 Å². The molecule has 0 saturated carbocycles. The first-order chi connectivity index (χ1) is 22.9. The summed E-state index contributed by atoms with van der Waals surface area (Å²) in [6, 6.07) is 42.6. The second-order valence-electron chi connectivity index (χ2n) is 13.2. The van der Waals surface area contributed by atoms with Crippen LogP contribution in [-0.4, -0.2) is 23.8 Å². The summed E-state index contributed by atoms with van der Waals surface area (Å²) in [5, 5.41) is 5.00. The van der Waals surface area contributed by atoms with E-state index in [1.54, 1.807) is 0 Å². The maximum absolute atomic E-state index is 6.54. The molecule has 0 spiro atoms. The minimum atomic E-state index is 0. The fourth-order valence-electron chi connectivity index (χ4n) is 7.03. The Balaban J connectivity index is 0.00000314. The van der Waals surface area contributed by atoms with Gasteiger partial charge in [0.25, 0.3) is 0 Å². The maximum Gasteiger partial charge on any atom is 2.00 e. The number of benzene rings is 5. The Kier molecular flexibility index (Phi) is 6.20. The molecular formula is C41H27N5OPd. The van der Waals surface area contributed by atoms with E-state index in [0.717, 1.165) is 76.8 Å². The molecule has 5 aromatic heterocycles. The van der Waals surface area contributed by atoms with Crippen LogP contribution in [0.2, 0.25) is 0 Å². The van der Waals surface area contributed by atoms with Crippen LogP contribution in [0, 0.1) is 12.1 Å². The Labute approximate surface area is 289 Å². The Bertz CT molecular complexity index is 2930. The van der Waals surface area contributed by atoms with Crippen LogP contribution in [0.1, 0.15) is 26.3 Å². The van der Waals surface area contributed by atoms with Crippen LogP contribution in [0.5, 0.6) is 11.5 Å². The van der Waals surface area contributed by atoms with Gasteiger partial charge in [0.05, 0.1) is 44.4 Å². The van der Waals surface area contributed by atoms with Crippen molar-refractivity contribution in [1.29, 1.82) is 0 Å². The van der Waals surface area contributed by atoms with Gasteiger partial charge in [-0.3, -0.25) is 15.0 Å². The number of hydrogen-bond donors (Lipinski definition) is 0. The molecule has 232 valence electrons. The molecule has 0 aliphatic heterocycles. The molecular weight excluding hydrogens is 685 g/mol. The second kappa shape index (κ2) is 10.3. The normalized spacial score (nSPS) is 12.3. The van der Waals surface area contributed by atoms with E-state index in [1.807, 2.05) is 48.7 Å². The van der Waals surface area contributed by atoms with Gasteiger partial charge in [0.15, 0.2) is 0 Å². The van der Waals surface area contributed by atoms with Crippen LogP contribution in [0.25, 0.3) is 76.8 Å². The molecule has 48 heavy (non-hydrogen) atoms. The number of rotatable bonds is 2. The number of aromatic nitrogens is 5. The zero-order valence-corrected chi connectivity index (χ0v) is 27.9. The van der Waals surface area contributed by atoms with Gasteiger partial charge in [0.2, 0.25) is 0 Å². The first kappa shape index (κ1) is 28.8. The Morgan fingerprint density at radius 3 is 1.83 bits per heavy atom. The van der Waals surface area contributed by atoms with Gasteiger partial charge in [0, 0.05) is 23.2 Å². The van der Waals surface area contributed by atoms with Crippen LogP contribution < -0.4 is 4.74 Å². The monoisotopic (exact) mass is 711 g/mol. The zero-order chi connectivity index (χ0) is 31.4. The van der Waals surface area contributed by atoms with E-state index in [9.17, 15) is 0 Å². The van der Waals surface area contributed by atoms with Crippen LogP contribution in [0.15, 0.2) is 109 Å². The van der Waals surface area contributed by atoms with Crippen molar-refractivity contribution < 1.29 is 25.2 Å². The van der Waals surface area contributed by atoms with Crippen molar-refractivity contribution >= 4 is 76.8 Å². The molecule has 0 amide bonds. The first-order valence-electron chi connectivity index (χ1n) is 15.8. The van der Waals surface area contributed by atoms with Crippen molar-refractivity contribution in [2.24, 2.45) is 0 Å². The molecule has 0 aliphatic rings. The van der Waals surface area contributed by atoms with Gasteiger partial charge in [-0.15, -0.1) is 12.1 Å². The predicted octanol–water partition coefficient (Wildman–Crippen LogP) is 9.98. The van der Waals surface area contributed by atoms with Crippen LogP contribution in [0.3, 0.4) is 0 Å². The summed E-state index contributed by atoms with van der Waals surface area (Å²) in [4.78, 5) is 14.9. The van der Waals surface area contributed by atoms with E-state index in [1.165, 1.54) is 5.56 Å². The minimum absolute atomic E-state index is 0. The standard InChI is InChI=1S/C41H27N5O.Pd/c1-41(2,3)24-14-19-34-29(21-24)27-17-15-25(22-30(27)39-43-32-9-4-6-11-35(32)45(34)39)47-26-16-18-28-31(23-26)40-44-33-10-5-7-12-36(33)46(40)37-13-8-20-42-38(28)37;/h4-21H,1-3H3;/q-2;+2. The fraction of sp³-hybridized carbons (Fsp3) is 0.0976. The number of imidazole rings is 2. The van der Waals surface area contributed by atoms with Gasteiger partial charge in [-0.05, 0) is 58.8 Å². The summed E-state index contributed by atoms with van der Waals surface area (Å²) in [6.07, 6.45) is 1.83. The van der Waals surface area contributed by atoms with E-state index >= 15 is 0 Å². The van der Waals surface area contributed by atoms with E-state index in [4.69, 9.17) is 19.7 Å². The van der Waals surface area contributed by atoms with Crippen molar-refractivity contribution in [2.75, 3.05) is 0 Å². The van der Waals surface area contributed by atoms with Gasteiger partial charge in [0.1, 0.15) is 0 Å². The average Bonchev–Trinajstić information content (AvgIpc) is 3.68. The maximum atomic E-state index is 6.54. The molecule has 0 aliphatic carbocycles. The third kappa shape index (κ3) is 4.11. The Morgan fingerprint density at radius 2 is 1.17 bits per heavy atom. The number of fused-ring (bicyclic) bond motifs is 16. The second-order valence-corrected chi connectivity index (χ2v) is 13.2. The Morgan fingerprint density at radius 1 is 0.583 bits per heavy atom. The van der Waals surface area contributed by atoms with E-state index in [2.05, 4.69) is 102 Å². The topological polar surface area (TPSA) is 56.7 Å². The van der Waals surface area contributed by atoms with E-state index in [0.29, 0.717) is 11.5 Å². The Hall–Kier alpha value is -5.35. The third-order valence-electron chi connectivity index (χ3n) is 9.30. The third-order valence-corrected chi connectivity index (χ3v) is 9.30. The van der Waals surface area contributed by atoms with E-state index in [-0.39, 0.29) is 25.8 Å². The van der Waals surface area contributed by atoms with Crippen LogP contribution in [0.4, 0.5) is 0 Å². The van der Waals surface area contributed by atoms with Crippen LogP contribution >= 0.6 is 0 Å². The van der Waals surface area contributed by atoms with Crippen LogP contribution in [-0.2, 0) is 25.8 Å². The quantitative estimate of drug-likeness (QED) is 0.102. The largest absolute Gasteiger partial charge is 2.00 e. The molecule has 6 nitrogen and oxygen atoms in total. The summed E-state index contributed by atoms with van der Waals surface area (Å²) in [7, 11) is 0. The van der Waals surface area contributed by atoms with Gasteiger partial charge in [-0.1, -0.05) is 103 Å². The number of para-hydroxylation sites is 4. The smallest absolute Gasteiger partial charge is 0.497 e. The molecule has 10 aromatic rings. The summed E-state index contributed by atoms with van der Waals surface area (Å²) in [5.41, 5.74) is 9.96. The molecule has 0 N–H and O–H groups in total. The molecule has 0 unspecified atom stereocenters. The predicted molar refractivity (Wildman–Crippen MR) is 190 cm³/mol. The number of ether oxygens (including phenoxy) is 1. The molecule has 0 radical (unpaired) electrons. The van der Waals surface area contributed by atoms with Gasteiger partial charge < -0.3 is 13.5 Å². The van der Waals surface area contributed by atoms with Crippen molar-refractivity contribution in [3.05, 3.63) is 127 Å². The molecule has 0 atom stereocenters. The van der Waals surface area contributed by atoms with Crippen molar-refractivity contribution in [3.8, 4) is 11.5 Å². The van der Waals surface area contributed by atoms with Gasteiger partial charge >= 0.3 is 20.4 Å². The zero-order valence-electron chi connectivity index (χ0n) is 26.4. The fourth-order valence-corrected chi connectivity index (χ4v) is 7.03. The van der Waals surface area contributed by atoms with E-state index < -0.39 is 0 Å². The summed E-state index contributed by atoms with van der Waals surface area (Å²) in [6.45, 7) is 6.75. The van der Waals surface area contributed by atoms with Crippen molar-refractivity contribution in [1.82, 2.24) is 23.8 Å². The number of nitrogens with zero attached hydrogens (tertiary/aromatic N) is 5. The number of hydrogen-bond acceptors (Lipinski definition) is 4. The summed E-state index contributed by atoms with van der Waals surface area (Å²) >= 11 is 0. The minimum Gasteiger partial charge on any atom is -0.497 e. The molecule has 10 rings (SSSR count). The summed E-state index contributed by atoms with van der Waals surface area (Å²) in [5.74, 6) is 1.18. The molecule has 0 bridgehead atoms. The average molecular weight is 712 g/mol. The molecule has 5 heterocycles. The van der Waals surface area contributed by atoms with Crippen molar-refractivity contribution in [3.63, 3.8) is 0 Å². The molecule has 7 heteroatoms. The van der Waals surface area contributed by atoms with Gasteiger partial charge in [-0.25, -0.2) is 0 Å². The van der Waals surface area contributed by atoms with Crippen molar-refractivity contribution in [2.45, 2.75) is 26.2 Å². The molecule has 5 aromatic carbocycles. The SMILES string of the molecule is CC(C)(C)c1ccc2c(c1)c1ccc(Oc3[c-]c4c(cc3)c3ncccc3n3c5ccccc5nc43)[c-]c1c1nc3ccccc3n21.[Pd+2]. The summed E-state index contributed by atoms with van der Waals surface area (Å²) < 4.78 is 11.0. The molecule has 0 saturated heterocycles. The molecule has 0 fully saturated rings.